The van der Waals surface area contributed by atoms with E-state index in [1.165, 1.54) is 0 Å². The molecule has 0 bridgehead atoms. The predicted octanol–water partition coefficient (Wildman–Crippen LogP) is -0.0931. The molecule has 2 unspecified atom stereocenters. The summed E-state index contributed by atoms with van der Waals surface area (Å²) in [7, 11) is 4.08. The van der Waals surface area contributed by atoms with Crippen LogP contribution in [0.15, 0.2) is 0 Å². The van der Waals surface area contributed by atoms with Gasteiger partial charge in [-0.15, -0.1) is 0 Å². The highest BCUT2D eigenvalue weighted by Gasteiger charge is 2.03. The Morgan fingerprint density at radius 3 is 2.27 bits per heavy atom. The molecule has 0 saturated heterocycles. The van der Waals surface area contributed by atoms with Gasteiger partial charge in [0.2, 0.25) is 0 Å². The van der Waals surface area contributed by atoms with E-state index in [0.29, 0.717) is 12.6 Å². The first-order valence-corrected chi connectivity index (χ1v) is 4.08. The first-order valence-electron chi connectivity index (χ1n) is 4.08. The van der Waals surface area contributed by atoms with Gasteiger partial charge in [0.15, 0.2) is 0 Å². The molecule has 0 saturated carbocycles. The van der Waals surface area contributed by atoms with Crippen molar-refractivity contribution in [3.8, 4) is 0 Å². The second-order valence-electron chi connectivity index (χ2n) is 3.42. The summed E-state index contributed by atoms with van der Waals surface area (Å²) in [6.07, 6.45) is -0.250. The van der Waals surface area contributed by atoms with Crippen LogP contribution in [0.25, 0.3) is 0 Å². The zero-order valence-electron chi connectivity index (χ0n) is 7.96. The number of nitrogens with one attached hydrogen (secondary N) is 1. The van der Waals surface area contributed by atoms with Crippen molar-refractivity contribution in [2.45, 2.75) is 26.0 Å². The van der Waals surface area contributed by atoms with E-state index in [2.05, 4.69) is 17.1 Å². The van der Waals surface area contributed by atoms with Crippen molar-refractivity contribution in [3.05, 3.63) is 0 Å². The highest BCUT2D eigenvalue weighted by Crippen LogP contribution is 1.85. The van der Waals surface area contributed by atoms with Crippen LogP contribution in [0.2, 0.25) is 0 Å². The molecule has 0 aliphatic rings. The minimum absolute atomic E-state index is 0.250. The molecule has 68 valence electrons. The minimum Gasteiger partial charge on any atom is -0.392 e. The van der Waals surface area contributed by atoms with Crippen molar-refractivity contribution in [2.24, 2.45) is 0 Å². The molecular weight excluding hydrogens is 140 g/mol. The summed E-state index contributed by atoms with van der Waals surface area (Å²) in [6, 6.07) is 0.444. The van der Waals surface area contributed by atoms with Crippen LogP contribution in [-0.2, 0) is 0 Å². The molecule has 0 spiro atoms. The van der Waals surface area contributed by atoms with Crippen LogP contribution in [-0.4, -0.2) is 49.3 Å². The Labute approximate surface area is 69.4 Å². The fourth-order valence-corrected chi connectivity index (χ4v) is 0.984. The topological polar surface area (TPSA) is 35.5 Å². The summed E-state index contributed by atoms with van der Waals surface area (Å²) < 4.78 is 0. The van der Waals surface area contributed by atoms with Crippen molar-refractivity contribution in [2.75, 3.05) is 27.2 Å². The summed E-state index contributed by atoms with van der Waals surface area (Å²) in [5.74, 6) is 0. The predicted molar refractivity (Wildman–Crippen MR) is 47.7 cm³/mol. The van der Waals surface area contributed by atoms with Crippen LogP contribution in [0.5, 0.6) is 0 Å². The number of hydrogen-bond acceptors (Lipinski definition) is 3. The highest BCUT2D eigenvalue weighted by molar-refractivity contribution is 4.64. The van der Waals surface area contributed by atoms with E-state index in [-0.39, 0.29) is 6.10 Å². The third-order valence-electron chi connectivity index (χ3n) is 1.40. The SMILES string of the molecule is CC(O)CNC(C)CN(C)C. The van der Waals surface area contributed by atoms with Gasteiger partial charge in [-0.1, -0.05) is 0 Å². The summed E-state index contributed by atoms with van der Waals surface area (Å²) >= 11 is 0. The van der Waals surface area contributed by atoms with E-state index in [0.717, 1.165) is 6.54 Å². The average Bonchev–Trinajstić information content (AvgIpc) is 1.82. The average molecular weight is 160 g/mol. The van der Waals surface area contributed by atoms with Gasteiger partial charge in [0.25, 0.3) is 0 Å². The monoisotopic (exact) mass is 160 g/mol. The molecule has 0 aliphatic carbocycles. The molecule has 3 nitrogen and oxygen atoms in total. The van der Waals surface area contributed by atoms with E-state index >= 15 is 0 Å². The first kappa shape index (κ1) is 10.9. The van der Waals surface area contributed by atoms with Crippen LogP contribution in [0.3, 0.4) is 0 Å². The molecule has 0 rings (SSSR count). The first-order chi connectivity index (χ1) is 5.02. The van der Waals surface area contributed by atoms with Crippen LogP contribution in [0.1, 0.15) is 13.8 Å². The number of aliphatic hydroxyl groups excluding tert-OH is 1. The Morgan fingerprint density at radius 1 is 1.36 bits per heavy atom. The third-order valence-corrected chi connectivity index (χ3v) is 1.40. The minimum atomic E-state index is -0.250. The maximum atomic E-state index is 8.96. The molecule has 0 aliphatic heterocycles. The number of nitrogens with zero attached hydrogens (tertiary/aromatic N) is 1. The van der Waals surface area contributed by atoms with Gasteiger partial charge in [-0.25, -0.2) is 0 Å². The molecule has 11 heavy (non-hydrogen) atoms. The lowest BCUT2D eigenvalue weighted by Crippen LogP contribution is -2.39. The van der Waals surface area contributed by atoms with Crippen molar-refractivity contribution < 1.29 is 5.11 Å². The molecule has 0 aromatic heterocycles. The van der Waals surface area contributed by atoms with Crippen LogP contribution >= 0.6 is 0 Å². The summed E-state index contributed by atoms with van der Waals surface area (Å²) in [6.45, 7) is 5.58. The van der Waals surface area contributed by atoms with E-state index in [4.69, 9.17) is 5.11 Å². The smallest absolute Gasteiger partial charge is 0.0636 e. The van der Waals surface area contributed by atoms with Gasteiger partial charge < -0.3 is 15.3 Å². The standard InChI is InChI=1S/C8H20N2O/c1-7(6-10(3)4)9-5-8(2)11/h7-9,11H,5-6H2,1-4H3. The molecule has 2 atom stereocenters. The number of hydrogen-bond donors (Lipinski definition) is 2. The Bertz CT molecular complexity index is 94.1. The lowest BCUT2D eigenvalue weighted by Gasteiger charge is -2.18. The fourth-order valence-electron chi connectivity index (χ4n) is 0.984. The maximum Gasteiger partial charge on any atom is 0.0636 e. The fraction of sp³-hybridized carbons (Fsp3) is 1.00. The molecule has 2 N–H and O–H groups in total. The van der Waals surface area contributed by atoms with Gasteiger partial charge in [0.05, 0.1) is 6.10 Å². The van der Waals surface area contributed by atoms with E-state index in [1.54, 1.807) is 6.92 Å². The van der Waals surface area contributed by atoms with Gasteiger partial charge in [-0.3, -0.25) is 0 Å². The second kappa shape index (κ2) is 5.52. The molecule has 0 radical (unpaired) electrons. The summed E-state index contributed by atoms with van der Waals surface area (Å²) in [5, 5.41) is 12.2. The van der Waals surface area contributed by atoms with Crippen molar-refractivity contribution >= 4 is 0 Å². The lowest BCUT2D eigenvalue weighted by molar-refractivity contribution is 0.183. The maximum absolute atomic E-state index is 8.96. The summed E-state index contributed by atoms with van der Waals surface area (Å²) in [4.78, 5) is 2.12. The van der Waals surface area contributed by atoms with Crippen molar-refractivity contribution in [1.82, 2.24) is 10.2 Å². The van der Waals surface area contributed by atoms with Crippen molar-refractivity contribution in [3.63, 3.8) is 0 Å². The zero-order chi connectivity index (χ0) is 8.85. The number of aliphatic hydroxyl groups is 1. The third kappa shape index (κ3) is 7.78. The van der Waals surface area contributed by atoms with Gasteiger partial charge in [0, 0.05) is 19.1 Å². The molecule has 3 heteroatoms. The van der Waals surface area contributed by atoms with Gasteiger partial charge in [-0.2, -0.15) is 0 Å². The molecule has 0 fully saturated rings. The van der Waals surface area contributed by atoms with Crippen LogP contribution < -0.4 is 5.32 Å². The Morgan fingerprint density at radius 2 is 1.91 bits per heavy atom. The number of rotatable bonds is 5. The van der Waals surface area contributed by atoms with Gasteiger partial charge in [0.1, 0.15) is 0 Å². The Kier molecular flexibility index (Phi) is 5.46. The van der Waals surface area contributed by atoms with E-state index in [9.17, 15) is 0 Å². The Balaban J connectivity index is 3.29. The Hall–Kier alpha value is -0.120. The van der Waals surface area contributed by atoms with Crippen LogP contribution in [0.4, 0.5) is 0 Å². The molecule has 0 heterocycles. The van der Waals surface area contributed by atoms with E-state index in [1.807, 2.05) is 14.1 Å². The molecule has 0 amide bonds. The molecule has 0 aromatic rings. The molecule has 0 aromatic carbocycles. The quantitative estimate of drug-likeness (QED) is 0.590. The van der Waals surface area contributed by atoms with Crippen molar-refractivity contribution in [1.29, 1.82) is 0 Å². The number of likely N-dealkylation sites (N-methyl/N-ethyl adjacent to an activating group) is 1. The summed E-state index contributed by atoms with van der Waals surface area (Å²) in [5.41, 5.74) is 0. The van der Waals surface area contributed by atoms with Crippen LogP contribution in [0, 0.1) is 0 Å². The van der Waals surface area contributed by atoms with Gasteiger partial charge in [-0.05, 0) is 27.9 Å². The lowest BCUT2D eigenvalue weighted by atomic mass is 10.3. The highest BCUT2D eigenvalue weighted by atomic mass is 16.3. The second-order valence-corrected chi connectivity index (χ2v) is 3.42. The van der Waals surface area contributed by atoms with Gasteiger partial charge >= 0.3 is 0 Å². The van der Waals surface area contributed by atoms with E-state index < -0.39 is 0 Å². The largest absolute Gasteiger partial charge is 0.392 e. The zero-order valence-corrected chi connectivity index (χ0v) is 7.96. The molecular formula is C8H20N2O. The normalized spacial score (nSPS) is 16.9.